The van der Waals surface area contributed by atoms with Gasteiger partial charge in [-0.15, -0.1) is 0 Å². The topological polar surface area (TPSA) is 72.2 Å². The summed E-state index contributed by atoms with van der Waals surface area (Å²) < 4.78 is 78.3. The lowest BCUT2D eigenvalue weighted by Gasteiger charge is -2.10. The largest absolute Gasteiger partial charge is 0.435 e. The van der Waals surface area contributed by atoms with Crippen molar-refractivity contribution in [3.05, 3.63) is 65.6 Å². The van der Waals surface area contributed by atoms with Crippen LogP contribution in [0.4, 0.5) is 17.6 Å². The van der Waals surface area contributed by atoms with E-state index >= 15 is 0 Å². The Hall–Kier alpha value is -2.72. The SMILES string of the molecule is Cc1cc(-n2nc(C(F)(F)F)cc2-c2ccc(S(=O)(=O)CCO)cc2)ccc1F. The maximum atomic E-state index is 13.6. The number of aliphatic hydroxyl groups excluding tert-OH is 1. The summed E-state index contributed by atoms with van der Waals surface area (Å²) in [6.07, 6.45) is -4.69. The molecule has 1 N–H and O–H groups in total. The van der Waals surface area contributed by atoms with Crippen LogP contribution in [0.2, 0.25) is 0 Å². The lowest BCUT2D eigenvalue weighted by molar-refractivity contribution is -0.141. The van der Waals surface area contributed by atoms with E-state index in [1.165, 1.54) is 43.3 Å². The molecule has 2 aromatic carbocycles. The molecular weight excluding hydrogens is 412 g/mol. The third-order valence-corrected chi connectivity index (χ3v) is 5.97. The smallest absolute Gasteiger partial charge is 0.395 e. The van der Waals surface area contributed by atoms with Crippen LogP contribution in [0.25, 0.3) is 16.9 Å². The van der Waals surface area contributed by atoms with Crippen molar-refractivity contribution in [2.24, 2.45) is 0 Å². The molecule has 3 aromatic rings. The number of alkyl halides is 3. The molecule has 0 unspecified atom stereocenters. The van der Waals surface area contributed by atoms with E-state index in [0.717, 1.165) is 16.8 Å². The Morgan fingerprint density at radius 2 is 1.72 bits per heavy atom. The Morgan fingerprint density at radius 1 is 1.07 bits per heavy atom. The number of nitrogens with zero attached hydrogens (tertiary/aromatic N) is 2. The molecule has 0 amide bonds. The van der Waals surface area contributed by atoms with Gasteiger partial charge < -0.3 is 5.11 Å². The van der Waals surface area contributed by atoms with Crippen LogP contribution in [0.3, 0.4) is 0 Å². The van der Waals surface area contributed by atoms with E-state index in [1.807, 2.05) is 0 Å². The van der Waals surface area contributed by atoms with Gasteiger partial charge in [-0.1, -0.05) is 12.1 Å². The van der Waals surface area contributed by atoms with Gasteiger partial charge in [0.2, 0.25) is 0 Å². The minimum atomic E-state index is -4.69. The zero-order chi connectivity index (χ0) is 21.4. The lowest BCUT2D eigenvalue weighted by Crippen LogP contribution is -2.10. The quantitative estimate of drug-likeness (QED) is 0.628. The molecule has 0 aliphatic rings. The van der Waals surface area contributed by atoms with Gasteiger partial charge in [0.05, 0.1) is 28.6 Å². The molecule has 3 rings (SSSR count). The lowest BCUT2D eigenvalue weighted by atomic mass is 10.1. The summed E-state index contributed by atoms with van der Waals surface area (Å²) >= 11 is 0. The summed E-state index contributed by atoms with van der Waals surface area (Å²) in [5.41, 5.74) is -0.312. The first-order chi connectivity index (χ1) is 13.5. The van der Waals surface area contributed by atoms with Crippen LogP contribution in [0.5, 0.6) is 0 Å². The van der Waals surface area contributed by atoms with E-state index < -0.39 is 39.9 Å². The van der Waals surface area contributed by atoms with Crippen LogP contribution >= 0.6 is 0 Å². The third kappa shape index (κ3) is 4.33. The average molecular weight is 428 g/mol. The van der Waals surface area contributed by atoms with Crippen molar-refractivity contribution in [3.8, 4) is 16.9 Å². The number of aryl methyl sites for hydroxylation is 1. The molecule has 10 heteroatoms. The van der Waals surface area contributed by atoms with Crippen molar-refractivity contribution in [2.75, 3.05) is 12.4 Å². The molecule has 5 nitrogen and oxygen atoms in total. The Labute approximate surface area is 164 Å². The highest BCUT2D eigenvalue weighted by Gasteiger charge is 2.35. The number of aromatic nitrogens is 2. The summed E-state index contributed by atoms with van der Waals surface area (Å²) in [5, 5.41) is 12.5. The summed E-state index contributed by atoms with van der Waals surface area (Å²) in [6, 6.07) is 9.86. The molecule has 0 atom stereocenters. The zero-order valence-corrected chi connectivity index (χ0v) is 15.9. The van der Waals surface area contributed by atoms with Gasteiger partial charge in [0, 0.05) is 5.56 Å². The number of rotatable bonds is 5. The molecule has 1 heterocycles. The average Bonchev–Trinajstić information content (AvgIpc) is 3.10. The van der Waals surface area contributed by atoms with Gasteiger partial charge >= 0.3 is 6.18 Å². The second-order valence-electron chi connectivity index (χ2n) is 6.32. The minimum Gasteiger partial charge on any atom is -0.395 e. The Bertz CT molecular complexity index is 1140. The van der Waals surface area contributed by atoms with Gasteiger partial charge in [-0.25, -0.2) is 17.5 Å². The fourth-order valence-corrected chi connectivity index (χ4v) is 3.78. The molecule has 0 spiro atoms. The molecule has 0 saturated carbocycles. The molecular formula is C19H16F4N2O3S. The molecule has 0 saturated heterocycles. The molecule has 0 radical (unpaired) electrons. The molecule has 1 aromatic heterocycles. The van der Waals surface area contributed by atoms with E-state index in [-0.39, 0.29) is 27.4 Å². The van der Waals surface area contributed by atoms with Crippen LogP contribution in [0, 0.1) is 12.7 Å². The number of sulfone groups is 1. The van der Waals surface area contributed by atoms with Crippen molar-refractivity contribution >= 4 is 9.84 Å². The molecule has 29 heavy (non-hydrogen) atoms. The maximum absolute atomic E-state index is 13.6. The van der Waals surface area contributed by atoms with Gasteiger partial charge in [-0.3, -0.25) is 0 Å². The second-order valence-corrected chi connectivity index (χ2v) is 8.43. The predicted octanol–water partition coefficient (Wildman–Crippen LogP) is 3.77. The maximum Gasteiger partial charge on any atom is 0.435 e. The van der Waals surface area contributed by atoms with Crippen molar-refractivity contribution < 1.29 is 31.1 Å². The van der Waals surface area contributed by atoms with Gasteiger partial charge in [-0.2, -0.15) is 18.3 Å². The number of hydrogen-bond donors (Lipinski definition) is 1. The normalized spacial score (nSPS) is 12.3. The first kappa shape index (κ1) is 21.0. The number of halogens is 4. The molecule has 0 aliphatic heterocycles. The standard InChI is InChI=1S/C19H16F4N2O3S/c1-12-10-14(4-7-16(12)20)25-17(11-18(24-25)19(21,22)23)13-2-5-15(6-3-13)29(27,28)9-8-26/h2-7,10-11,26H,8-9H2,1H3. The van der Waals surface area contributed by atoms with Crippen LogP contribution in [-0.4, -0.2) is 35.7 Å². The van der Waals surface area contributed by atoms with E-state index in [9.17, 15) is 26.0 Å². The van der Waals surface area contributed by atoms with E-state index in [0.29, 0.717) is 0 Å². The molecule has 0 fully saturated rings. The Balaban J connectivity index is 2.13. The zero-order valence-electron chi connectivity index (χ0n) is 15.1. The summed E-state index contributed by atoms with van der Waals surface area (Å²) in [6.45, 7) is 0.934. The monoisotopic (exact) mass is 428 g/mol. The highest BCUT2D eigenvalue weighted by Crippen LogP contribution is 2.33. The minimum absolute atomic E-state index is 0.0602. The Morgan fingerprint density at radius 3 is 2.28 bits per heavy atom. The van der Waals surface area contributed by atoms with E-state index in [1.54, 1.807) is 0 Å². The fraction of sp³-hybridized carbons (Fsp3) is 0.211. The van der Waals surface area contributed by atoms with Gasteiger partial charge in [0.25, 0.3) is 0 Å². The first-order valence-corrected chi connectivity index (χ1v) is 10.1. The van der Waals surface area contributed by atoms with Crippen molar-refractivity contribution in [2.45, 2.75) is 18.0 Å². The van der Waals surface area contributed by atoms with Crippen LogP contribution in [0.1, 0.15) is 11.3 Å². The van der Waals surface area contributed by atoms with E-state index in [4.69, 9.17) is 5.11 Å². The van der Waals surface area contributed by atoms with Crippen LogP contribution < -0.4 is 0 Å². The van der Waals surface area contributed by atoms with Gasteiger partial charge in [-0.05, 0) is 48.9 Å². The fourth-order valence-electron chi connectivity index (χ4n) is 2.75. The van der Waals surface area contributed by atoms with Crippen molar-refractivity contribution in [3.63, 3.8) is 0 Å². The number of benzene rings is 2. The number of hydrogen-bond acceptors (Lipinski definition) is 4. The second kappa shape index (κ2) is 7.60. The first-order valence-electron chi connectivity index (χ1n) is 8.41. The molecule has 0 bridgehead atoms. The third-order valence-electron chi connectivity index (χ3n) is 4.26. The van der Waals surface area contributed by atoms with Crippen LogP contribution in [-0.2, 0) is 16.0 Å². The predicted molar refractivity (Wildman–Crippen MR) is 97.8 cm³/mol. The summed E-state index contributed by atoms with van der Waals surface area (Å²) in [5.74, 6) is -0.964. The molecule has 0 aliphatic carbocycles. The van der Waals surface area contributed by atoms with Gasteiger partial charge in [0.15, 0.2) is 15.5 Å². The highest BCUT2D eigenvalue weighted by molar-refractivity contribution is 7.91. The van der Waals surface area contributed by atoms with E-state index in [2.05, 4.69) is 5.10 Å². The van der Waals surface area contributed by atoms with Crippen molar-refractivity contribution in [1.82, 2.24) is 9.78 Å². The summed E-state index contributed by atoms with van der Waals surface area (Å²) in [7, 11) is -3.69. The summed E-state index contributed by atoms with van der Waals surface area (Å²) in [4.78, 5) is -0.0602. The van der Waals surface area contributed by atoms with Gasteiger partial charge in [0.1, 0.15) is 5.82 Å². The molecule has 154 valence electrons. The van der Waals surface area contributed by atoms with Crippen molar-refractivity contribution in [1.29, 1.82) is 0 Å². The highest BCUT2D eigenvalue weighted by atomic mass is 32.2. The van der Waals surface area contributed by atoms with Crippen LogP contribution in [0.15, 0.2) is 53.4 Å². The Kier molecular flexibility index (Phi) is 5.50. The number of aliphatic hydroxyl groups is 1.